The highest BCUT2D eigenvalue weighted by Gasteiger charge is 2.25. The van der Waals surface area contributed by atoms with E-state index in [0.717, 1.165) is 22.0 Å². The minimum Gasteiger partial charge on any atom is -0.497 e. The lowest BCUT2D eigenvalue weighted by molar-refractivity contribution is -0.115. The van der Waals surface area contributed by atoms with Gasteiger partial charge in [-0.05, 0) is 49.2 Å². The van der Waals surface area contributed by atoms with Crippen LogP contribution in [0.1, 0.15) is 32.4 Å². The van der Waals surface area contributed by atoms with Gasteiger partial charge in [-0.25, -0.2) is 4.68 Å². The third-order valence-corrected chi connectivity index (χ3v) is 5.96. The Balaban J connectivity index is 1.87. The van der Waals surface area contributed by atoms with Crippen molar-refractivity contribution >= 4 is 23.4 Å². The van der Waals surface area contributed by atoms with Gasteiger partial charge in [0.2, 0.25) is 5.91 Å². The molecular weight excluding hydrogens is 398 g/mol. The maximum Gasteiger partial charge on any atom is 0.295 e. The summed E-state index contributed by atoms with van der Waals surface area (Å²) in [6.45, 7) is 5.85. The number of para-hydroxylation sites is 1. The van der Waals surface area contributed by atoms with Crippen LogP contribution in [0.4, 0.5) is 5.69 Å². The van der Waals surface area contributed by atoms with Crippen molar-refractivity contribution in [3.05, 3.63) is 70.6 Å². The van der Waals surface area contributed by atoms with E-state index in [1.54, 1.807) is 11.8 Å². The van der Waals surface area contributed by atoms with Gasteiger partial charge in [-0.3, -0.25) is 14.3 Å². The van der Waals surface area contributed by atoms with E-state index in [-0.39, 0.29) is 22.6 Å². The molecule has 1 atom stereocenters. The van der Waals surface area contributed by atoms with Gasteiger partial charge in [0.15, 0.2) is 0 Å². The highest BCUT2D eigenvalue weighted by atomic mass is 32.2. The molecule has 0 saturated carbocycles. The van der Waals surface area contributed by atoms with Gasteiger partial charge in [0.05, 0.1) is 23.7 Å². The lowest BCUT2D eigenvalue weighted by Gasteiger charge is -2.14. The zero-order valence-corrected chi connectivity index (χ0v) is 18.7. The molecule has 0 radical (unpaired) electrons. The number of methoxy groups -OCH3 is 1. The molecule has 1 N–H and O–H groups in total. The molecule has 0 saturated heterocycles. The average Bonchev–Trinajstić information content (AvgIpc) is 2.98. The topological polar surface area (TPSA) is 65.3 Å². The maximum atomic E-state index is 13.2. The van der Waals surface area contributed by atoms with E-state index >= 15 is 0 Å². The van der Waals surface area contributed by atoms with Crippen molar-refractivity contribution in [1.82, 2.24) is 9.36 Å². The summed E-state index contributed by atoms with van der Waals surface area (Å²) >= 11 is 1.43. The number of nitrogens with zero attached hydrogens (tertiary/aromatic N) is 2. The number of rotatable bonds is 7. The molecule has 0 aliphatic carbocycles. The minimum atomic E-state index is -0.372. The number of benzene rings is 2. The van der Waals surface area contributed by atoms with E-state index in [0.29, 0.717) is 5.69 Å². The third kappa shape index (κ3) is 4.46. The van der Waals surface area contributed by atoms with Gasteiger partial charge in [0.1, 0.15) is 11.4 Å². The Morgan fingerprint density at radius 2 is 1.67 bits per heavy atom. The minimum absolute atomic E-state index is 0.0625. The molecule has 7 heteroatoms. The smallest absolute Gasteiger partial charge is 0.295 e. The fourth-order valence-electron chi connectivity index (χ4n) is 3.40. The van der Waals surface area contributed by atoms with Crippen molar-refractivity contribution in [3.8, 4) is 11.4 Å². The highest BCUT2D eigenvalue weighted by Crippen LogP contribution is 2.28. The Morgan fingerprint density at radius 3 is 2.23 bits per heavy atom. The molecule has 158 valence electrons. The predicted octanol–water partition coefficient (Wildman–Crippen LogP) is 4.43. The molecule has 3 aromatic rings. The summed E-state index contributed by atoms with van der Waals surface area (Å²) in [7, 11) is 3.46. The molecule has 0 spiro atoms. The molecule has 2 aromatic carbocycles. The van der Waals surface area contributed by atoms with Gasteiger partial charge in [0.25, 0.3) is 5.56 Å². The second-order valence-electron chi connectivity index (χ2n) is 7.32. The monoisotopic (exact) mass is 425 g/mol. The van der Waals surface area contributed by atoms with E-state index in [1.165, 1.54) is 11.8 Å². The number of nitrogens with one attached hydrogen (secondary N) is 1. The number of carbonyl (C=O) groups excluding carboxylic acids is 1. The van der Waals surface area contributed by atoms with Crippen molar-refractivity contribution in [1.29, 1.82) is 0 Å². The van der Waals surface area contributed by atoms with E-state index in [1.807, 2.05) is 87.1 Å². The standard InChI is InChI=1S/C23H27N3O3S/c1-15(2)21-20(23(28)26(25(21)4)17-9-7-6-8-10-17)24-22(27)16(3)30-19-13-11-18(29-5)12-14-19/h6-16H,1-5H3,(H,24,27)/t16-/m1/s1. The van der Waals surface area contributed by atoms with Gasteiger partial charge in [-0.15, -0.1) is 11.8 Å². The Hall–Kier alpha value is -2.93. The number of hydrogen-bond donors (Lipinski definition) is 1. The Labute approximate surface area is 180 Å². The van der Waals surface area contributed by atoms with E-state index < -0.39 is 0 Å². The van der Waals surface area contributed by atoms with Crippen LogP contribution in [0.3, 0.4) is 0 Å². The summed E-state index contributed by atoms with van der Waals surface area (Å²) in [5.74, 6) is 0.622. The van der Waals surface area contributed by atoms with Crippen LogP contribution < -0.4 is 15.6 Å². The van der Waals surface area contributed by atoms with Crippen LogP contribution in [0.15, 0.2) is 64.3 Å². The van der Waals surface area contributed by atoms with Crippen LogP contribution in [-0.2, 0) is 11.8 Å². The van der Waals surface area contributed by atoms with Crippen LogP contribution >= 0.6 is 11.8 Å². The largest absolute Gasteiger partial charge is 0.497 e. The number of aromatic nitrogens is 2. The quantitative estimate of drug-likeness (QED) is 0.569. The number of hydrogen-bond acceptors (Lipinski definition) is 4. The summed E-state index contributed by atoms with van der Waals surface area (Å²) in [6.07, 6.45) is 0. The molecule has 0 bridgehead atoms. The second kappa shape index (κ2) is 9.26. The lowest BCUT2D eigenvalue weighted by atomic mass is 10.1. The van der Waals surface area contributed by atoms with E-state index in [4.69, 9.17) is 4.74 Å². The first-order valence-corrected chi connectivity index (χ1v) is 10.7. The average molecular weight is 426 g/mol. The number of thioether (sulfide) groups is 1. The number of amides is 1. The number of anilines is 1. The van der Waals surface area contributed by atoms with Crippen LogP contribution in [-0.4, -0.2) is 27.6 Å². The molecule has 3 rings (SSSR count). The Bertz CT molecular complexity index is 1070. The zero-order chi connectivity index (χ0) is 21.8. The number of ether oxygens (including phenoxy) is 1. The molecular formula is C23H27N3O3S. The molecule has 1 aromatic heterocycles. The molecule has 1 heterocycles. The first-order chi connectivity index (χ1) is 14.3. The number of carbonyl (C=O) groups is 1. The van der Waals surface area contributed by atoms with Crippen LogP contribution in [0.25, 0.3) is 5.69 Å². The zero-order valence-electron chi connectivity index (χ0n) is 17.9. The Kier molecular flexibility index (Phi) is 6.72. The third-order valence-electron chi connectivity index (χ3n) is 4.85. The summed E-state index contributed by atoms with van der Waals surface area (Å²) in [5, 5.41) is 2.52. The summed E-state index contributed by atoms with van der Waals surface area (Å²) in [4.78, 5) is 27.1. The van der Waals surface area contributed by atoms with Crippen LogP contribution in [0.2, 0.25) is 0 Å². The molecule has 1 amide bonds. The normalized spacial score (nSPS) is 12.1. The molecule has 0 unspecified atom stereocenters. The predicted molar refractivity (Wildman–Crippen MR) is 122 cm³/mol. The van der Waals surface area contributed by atoms with Crippen molar-refractivity contribution in [2.75, 3.05) is 12.4 Å². The van der Waals surface area contributed by atoms with Gasteiger partial charge in [-0.2, -0.15) is 0 Å². The fraction of sp³-hybridized carbons (Fsp3) is 0.304. The van der Waals surface area contributed by atoms with Gasteiger partial charge < -0.3 is 10.1 Å². The van der Waals surface area contributed by atoms with E-state index in [9.17, 15) is 9.59 Å². The first kappa shape index (κ1) is 21.8. The Morgan fingerprint density at radius 1 is 1.03 bits per heavy atom. The molecule has 0 aliphatic rings. The van der Waals surface area contributed by atoms with Crippen molar-refractivity contribution in [3.63, 3.8) is 0 Å². The van der Waals surface area contributed by atoms with Gasteiger partial charge >= 0.3 is 0 Å². The van der Waals surface area contributed by atoms with Gasteiger partial charge in [-0.1, -0.05) is 32.0 Å². The second-order valence-corrected chi connectivity index (χ2v) is 8.73. The van der Waals surface area contributed by atoms with Crippen molar-refractivity contribution in [2.24, 2.45) is 7.05 Å². The van der Waals surface area contributed by atoms with E-state index in [2.05, 4.69) is 5.32 Å². The van der Waals surface area contributed by atoms with Crippen LogP contribution in [0.5, 0.6) is 5.75 Å². The fourth-order valence-corrected chi connectivity index (χ4v) is 4.26. The van der Waals surface area contributed by atoms with Gasteiger partial charge in [0, 0.05) is 11.9 Å². The SMILES string of the molecule is COc1ccc(S[C@H](C)C(=O)Nc2c(C(C)C)n(C)n(-c3ccccc3)c2=O)cc1. The van der Waals surface area contributed by atoms with Crippen LogP contribution in [0, 0.1) is 0 Å². The molecule has 30 heavy (non-hydrogen) atoms. The summed E-state index contributed by atoms with van der Waals surface area (Å²) < 4.78 is 8.58. The molecule has 0 fully saturated rings. The summed E-state index contributed by atoms with van der Waals surface area (Å²) in [5.41, 5.74) is 1.65. The molecule has 0 aliphatic heterocycles. The first-order valence-electron chi connectivity index (χ1n) is 9.82. The molecule has 6 nitrogen and oxygen atoms in total. The lowest BCUT2D eigenvalue weighted by Crippen LogP contribution is -2.27. The van der Waals surface area contributed by atoms with Crippen molar-refractivity contribution in [2.45, 2.75) is 36.8 Å². The highest BCUT2D eigenvalue weighted by molar-refractivity contribution is 8.00. The maximum absolute atomic E-state index is 13.2. The van der Waals surface area contributed by atoms with Crippen molar-refractivity contribution < 1.29 is 9.53 Å². The summed E-state index contributed by atoms with van der Waals surface area (Å²) in [6, 6.07) is 17.0.